The van der Waals surface area contributed by atoms with Crippen LogP contribution in [0.1, 0.15) is 0 Å². The summed E-state index contributed by atoms with van der Waals surface area (Å²) < 4.78 is 4.89. The Kier molecular flexibility index (Phi) is 5.31. The van der Waals surface area contributed by atoms with Gasteiger partial charge in [0.2, 0.25) is 0 Å². The summed E-state index contributed by atoms with van der Waals surface area (Å²) in [4.78, 5) is 0. The van der Waals surface area contributed by atoms with Crippen LogP contribution in [-0.2, 0) is 0 Å². The van der Waals surface area contributed by atoms with Crippen molar-refractivity contribution in [3.8, 4) is 22.5 Å². The average Bonchev–Trinajstić information content (AvgIpc) is 3.62. The van der Waals surface area contributed by atoms with Crippen LogP contribution in [0.2, 0.25) is 0 Å². The first-order chi connectivity index (χ1) is 22.8. The number of fused-ring (bicyclic) bond motifs is 8. The molecule has 0 bridgehead atoms. The molecular weight excluding hydrogens is 556 g/mol. The van der Waals surface area contributed by atoms with Crippen molar-refractivity contribution in [2.45, 2.75) is 0 Å². The molecule has 0 atom stereocenters. The van der Waals surface area contributed by atoms with Gasteiger partial charge in [-0.1, -0.05) is 127 Å². The molecule has 0 saturated heterocycles. The molecule has 2 nitrogen and oxygen atoms in total. The van der Waals surface area contributed by atoms with Gasteiger partial charge in [0.1, 0.15) is 0 Å². The van der Waals surface area contributed by atoms with E-state index in [9.17, 15) is 0 Å². The van der Waals surface area contributed by atoms with E-state index in [1.54, 1.807) is 0 Å². The van der Waals surface area contributed by atoms with Crippen LogP contribution in [0.25, 0.3) is 87.7 Å². The average molecular weight is 585 g/mol. The number of hydrogen-bond acceptors (Lipinski definition) is 0. The number of aromatic nitrogens is 2. The summed E-state index contributed by atoms with van der Waals surface area (Å²) in [6, 6.07) is 62.0. The van der Waals surface area contributed by atoms with Crippen LogP contribution in [0.3, 0.4) is 0 Å². The number of nitrogens with zero attached hydrogens (tertiary/aromatic N) is 2. The Hall–Kier alpha value is -6.12. The molecule has 0 amide bonds. The zero-order valence-corrected chi connectivity index (χ0v) is 25.1. The second-order valence-electron chi connectivity index (χ2n) is 12.2. The second-order valence-corrected chi connectivity index (χ2v) is 12.2. The molecule has 2 heterocycles. The quantitative estimate of drug-likeness (QED) is 0.195. The van der Waals surface area contributed by atoms with E-state index in [4.69, 9.17) is 0 Å². The van der Waals surface area contributed by atoms with Gasteiger partial charge in [-0.05, 0) is 69.8 Å². The third kappa shape index (κ3) is 3.59. The van der Waals surface area contributed by atoms with Crippen molar-refractivity contribution < 1.29 is 0 Å². The molecule has 2 aromatic heterocycles. The topological polar surface area (TPSA) is 9.86 Å². The van der Waals surface area contributed by atoms with Crippen molar-refractivity contribution in [1.82, 2.24) is 9.13 Å². The summed E-state index contributed by atoms with van der Waals surface area (Å²) in [5.41, 5.74) is 9.68. The van der Waals surface area contributed by atoms with E-state index in [1.165, 1.54) is 82.0 Å². The molecule has 0 fully saturated rings. The van der Waals surface area contributed by atoms with Gasteiger partial charge in [0.05, 0.1) is 27.8 Å². The minimum absolute atomic E-state index is 1.15. The minimum Gasteiger partial charge on any atom is -0.309 e. The first kappa shape index (κ1) is 25.2. The monoisotopic (exact) mass is 584 g/mol. The van der Waals surface area contributed by atoms with E-state index >= 15 is 0 Å². The van der Waals surface area contributed by atoms with Crippen molar-refractivity contribution in [2.75, 3.05) is 0 Å². The van der Waals surface area contributed by atoms with Gasteiger partial charge in [0, 0.05) is 32.6 Å². The maximum atomic E-state index is 2.46. The SMILES string of the molecule is c1ccc2c(-c3ccc(-n4c5ccccc5c5cc6c7ccccc7n(-c7cccc8ccccc78)c6cc54)cc3)cccc2c1. The van der Waals surface area contributed by atoms with Gasteiger partial charge in [0.25, 0.3) is 0 Å². The molecule has 0 unspecified atom stereocenters. The third-order valence-electron chi connectivity index (χ3n) is 9.70. The highest BCUT2D eigenvalue weighted by Crippen LogP contribution is 2.41. The molecule has 46 heavy (non-hydrogen) atoms. The van der Waals surface area contributed by atoms with Gasteiger partial charge in [-0.2, -0.15) is 0 Å². The largest absolute Gasteiger partial charge is 0.309 e. The molecule has 10 aromatic rings. The van der Waals surface area contributed by atoms with Crippen LogP contribution in [0.5, 0.6) is 0 Å². The Labute approximate surface area is 266 Å². The molecule has 0 aliphatic heterocycles. The fraction of sp³-hybridized carbons (Fsp3) is 0. The van der Waals surface area contributed by atoms with E-state index in [2.05, 4.69) is 179 Å². The molecule has 0 aliphatic carbocycles. The summed E-state index contributed by atoms with van der Waals surface area (Å²) in [6.07, 6.45) is 0. The van der Waals surface area contributed by atoms with Crippen molar-refractivity contribution in [3.05, 3.63) is 170 Å². The Bertz CT molecular complexity index is 2780. The summed E-state index contributed by atoms with van der Waals surface area (Å²) in [5.74, 6) is 0. The number of rotatable bonds is 3. The zero-order valence-electron chi connectivity index (χ0n) is 25.1. The highest BCUT2D eigenvalue weighted by Gasteiger charge is 2.19. The lowest BCUT2D eigenvalue weighted by Crippen LogP contribution is -1.96. The Balaban J connectivity index is 1.26. The first-order valence-corrected chi connectivity index (χ1v) is 15.9. The molecular formula is C44H28N2. The van der Waals surface area contributed by atoms with Gasteiger partial charge >= 0.3 is 0 Å². The molecule has 0 spiro atoms. The number of hydrogen-bond donors (Lipinski definition) is 0. The van der Waals surface area contributed by atoms with E-state index in [1.807, 2.05) is 0 Å². The summed E-state index contributed by atoms with van der Waals surface area (Å²) in [5, 5.41) is 10.1. The second kappa shape index (κ2) is 9.69. The highest BCUT2D eigenvalue weighted by atomic mass is 15.0. The van der Waals surface area contributed by atoms with Gasteiger partial charge in [-0.15, -0.1) is 0 Å². The van der Waals surface area contributed by atoms with Gasteiger partial charge in [-0.3, -0.25) is 0 Å². The van der Waals surface area contributed by atoms with E-state index in [0.717, 1.165) is 5.69 Å². The molecule has 10 rings (SSSR count). The lowest BCUT2D eigenvalue weighted by molar-refractivity contribution is 1.17. The Morgan fingerprint density at radius 3 is 1.54 bits per heavy atom. The van der Waals surface area contributed by atoms with Crippen molar-refractivity contribution in [3.63, 3.8) is 0 Å². The normalized spacial score (nSPS) is 11.9. The van der Waals surface area contributed by atoms with Crippen LogP contribution >= 0.6 is 0 Å². The van der Waals surface area contributed by atoms with Gasteiger partial charge < -0.3 is 9.13 Å². The number of benzene rings is 8. The van der Waals surface area contributed by atoms with Crippen LogP contribution in [0, 0.1) is 0 Å². The van der Waals surface area contributed by atoms with Crippen LogP contribution < -0.4 is 0 Å². The fourth-order valence-corrected chi connectivity index (χ4v) is 7.64. The molecule has 0 radical (unpaired) electrons. The molecule has 214 valence electrons. The Morgan fingerprint density at radius 2 is 0.826 bits per heavy atom. The van der Waals surface area contributed by atoms with Crippen LogP contribution in [0.15, 0.2) is 170 Å². The van der Waals surface area contributed by atoms with Crippen molar-refractivity contribution in [2.24, 2.45) is 0 Å². The fourth-order valence-electron chi connectivity index (χ4n) is 7.64. The molecule has 8 aromatic carbocycles. The standard InChI is InChI=1S/C44H28N2/c1-3-15-33-29(11-1)13-9-19-34(33)31-23-25-32(26-24-31)45-41-20-7-5-17-36(41)38-27-39-37-18-6-8-21-42(37)46(44(39)28-43(38)45)40-22-10-14-30-12-2-4-16-35(30)40/h1-28H. The zero-order chi connectivity index (χ0) is 30.2. The summed E-state index contributed by atoms with van der Waals surface area (Å²) in [7, 11) is 0. The maximum absolute atomic E-state index is 2.46. The predicted octanol–water partition coefficient (Wildman–Crippen LogP) is 11.9. The van der Waals surface area contributed by atoms with Crippen molar-refractivity contribution >= 4 is 65.2 Å². The lowest BCUT2D eigenvalue weighted by Gasteiger charge is -2.13. The molecule has 0 saturated carbocycles. The van der Waals surface area contributed by atoms with Crippen LogP contribution in [0.4, 0.5) is 0 Å². The highest BCUT2D eigenvalue weighted by molar-refractivity contribution is 6.19. The lowest BCUT2D eigenvalue weighted by atomic mass is 9.98. The van der Waals surface area contributed by atoms with E-state index in [-0.39, 0.29) is 0 Å². The van der Waals surface area contributed by atoms with Crippen molar-refractivity contribution in [1.29, 1.82) is 0 Å². The number of para-hydroxylation sites is 2. The summed E-state index contributed by atoms with van der Waals surface area (Å²) >= 11 is 0. The smallest absolute Gasteiger partial charge is 0.0562 e. The van der Waals surface area contributed by atoms with E-state index in [0.29, 0.717) is 0 Å². The molecule has 0 aliphatic rings. The predicted molar refractivity (Wildman–Crippen MR) is 196 cm³/mol. The summed E-state index contributed by atoms with van der Waals surface area (Å²) in [6.45, 7) is 0. The first-order valence-electron chi connectivity index (χ1n) is 15.9. The minimum atomic E-state index is 1.15. The van der Waals surface area contributed by atoms with Crippen LogP contribution in [-0.4, -0.2) is 9.13 Å². The maximum Gasteiger partial charge on any atom is 0.0562 e. The van der Waals surface area contributed by atoms with Gasteiger partial charge in [-0.25, -0.2) is 0 Å². The van der Waals surface area contributed by atoms with E-state index < -0.39 is 0 Å². The Morgan fingerprint density at radius 1 is 0.304 bits per heavy atom. The van der Waals surface area contributed by atoms with Gasteiger partial charge in [0.15, 0.2) is 0 Å². The molecule has 2 heteroatoms. The molecule has 0 N–H and O–H groups in total. The third-order valence-corrected chi connectivity index (χ3v) is 9.70.